The quantitative estimate of drug-likeness (QED) is 0.727. The fourth-order valence-electron chi connectivity index (χ4n) is 1.28. The number of aromatic amines is 1. The number of fused-ring (bicyclic) bond motifs is 1. The Labute approximate surface area is 81.5 Å². The Morgan fingerprint density at radius 2 is 2.36 bits per heavy atom. The van der Waals surface area contributed by atoms with E-state index in [0.29, 0.717) is 5.69 Å². The van der Waals surface area contributed by atoms with E-state index in [1.54, 1.807) is 26.2 Å². The molecule has 0 saturated carbocycles. The van der Waals surface area contributed by atoms with Crippen molar-refractivity contribution in [3.63, 3.8) is 0 Å². The molecule has 0 aliphatic rings. The first-order valence-electron chi connectivity index (χ1n) is 4.26. The number of hydrogen-bond acceptors (Lipinski definition) is 2. The maximum absolute atomic E-state index is 11.7. The van der Waals surface area contributed by atoms with E-state index in [0.717, 1.165) is 10.9 Å². The van der Waals surface area contributed by atoms with E-state index in [1.807, 2.05) is 6.07 Å². The van der Waals surface area contributed by atoms with Gasteiger partial charge in [-0.05, 0) is 18.2 Å². The summed E-state index contributed by atoms with van der Waals surface area (Å²) in [7, 11) is 3.41. The van der Waals surface area contributed by atoms with E-state index in [9.17, 15) is 4.79 Å². The summed E-state index contributed by atoms with van der Waals surface area (Å²) in [5, 5.41) is 7.61. The number of H-pyrrole nitrogens is 1. The third-order valence-electron chi connectivity index (χ3n) is 2.02. The second-order valence-corrected chi connectivity index (χ2v) is 3.24. The van der Waals surface area contributed by atoms with Gasteiger partial charge in [0.2, 0.25) is 0 Å². The predicted octanol–water partition coefficient (Wildman–Crippen LogP) is 1.06. The first kappa shape index (κ1) is 8.74. The SMILES string of the molecule is CN(C)C(=O)c1n[nH]c2c[c]ccc12. The Kier molecular flexibility index (Phi) is 1.96. The van der Waals surface area contributed by atoms with E-state index < -0.39 is 0 Å². The number of hydrogen-bond donors (Lipinski definition) is 1. The predicted molar refractivity (Wildman–Crippen MR) is 52.9 cm³/mol. The van der Waals surface area contributed by atoms with Gasteiger partial charge < -0.3 is 4.90 Å². The largest absolute Gasteiger partial charge is 0.343 e. The summed E-state index contributed by atoms with van der Waals surface area (Å²) >= 11 is 0. The molecule has 0 aliphatic carbocycles. The Morgan fingerprint density at radius 1 is 1.57 bits per heavy atom. The highest BCUT2D eigenvalue weighted by Crippen LogP contribution is 2.15. The van der Waals surface area contributed by atoms with Crippen LogP contribution in [0, 0.1) is 6.07 Å². The topological polar surface area (TPSA) is 49.0 Å². The molecular formula is C10H10N3O. The van der Waals surface area contributed by atoms with E-state index in [4.69, 9.17) is 0 Å². The van der Waals surface area contributed by atoms with Crippen molar-refractivity contribution in [1.29, 1.82) is 0 Å². The van der Waals surface area contributed by atoms with Crippen molar-refractivity contribution < 1.29 is 4.79 Å². The van der Waals surface area contributed by atoms with Gasteiger partial charge in [-0.1, -0.05) is 6.07 Å². The Hall–Kier alpha value is -1.84. The van der Waals surface area contributed by atoms with Gasteiger partial charge in [-0.25, -0.2) is 0 Å². The van der Waals surface area contributed by atoms with Crippen molar-refractivity contribution in [1.82, 2.24) is 15.1 Å². The molecule has 71 valence electrons. The van der Waals surface area contributed by atoms with Crippen LogP contribution >= 0.6 is 0 Å². The van der Waals surface area contributed by atoms with Crippen LogP contribution in [0.1, 0.15) is 10.5 Å². The molecule has 0 spiro atoms. The summed E-state index contributed by atoms with van der Waals surface area (Å²) in [6.45, 7) is 0. The zero-order chi connectivity index (χ0) is 10.1. The molecule has 2 rings (SSSR count). The Morgan fingerprint density at radius 3 is 3.07 bits per heavy atom. The average Bonchev–Trinajstić information content (AvgIpc) is 2.60. The van der Waals surface area contributed by atoms with E-state index in [2.05, 4.69) is 16.3 Å². The molecule has 1 radical (unpaired) electrons. The highest BCUT2D eigenvalue weighted by atomic mass is 16.2. The van der Waals surface area contributed by atoms with Crippen LogP contribution < -0.4 is 0 Å². The van der Waals surface area contributed by atoms with Gasteiger partial charge in [0.15, 0.2) is 5.69 Å². The normalized spacial score (nSPS) is 10.4. The molecule has 1 aromatic carbocycles. The van der Waals surface area contributed by atoms with Gasteiger partial charge in [-0.3, -0.25) is 9.89 Å². The van der Waals surface area contributed by atoms with Crippen LogP contribution in [0.5, 0.6) is 0 Å². The molecule has 4 heteroatoms. The number of nitrogens with zero attached hydrogens (tertiary/aromatic N) is 2. The molecule has 1 amide bonds. The van der Waals surface area contributed by atoms with Crippen LogP contribution in [0.25, 0.3) is 10.9 Å². The fourth-order valence-corrected chi connectivity index (χ4v) is 1.28. The maximum Gasteiger partial charge on any atom is 0.274 e. The molecule has 0 fully saturated rings. The molecule has 1 N–H and O–H groups in total. The fraction of sp³-hybridized carbons (Fsp3) is 0.200. The number of carbonyl (C=O) groups is 1. The van der Waals surface area contributed by atoms with Gasteiger partial charge in [0.25, 0.3) is 5.91 Å². The van der Waals surface area contributed by atoms with Crippen molar-refractivity contribution in [3.8, 4) is 0 Å². The first-order chi connectivity index (χ1) is 6.70. The van der Waals surface area contributed by atoms with Gasteiger partial charge in [0, 0.05) is 19.5 Å². The van der Waals surface area contributed by atoms with E-state index in [-0.39, 0.29) is 5.91 Å². The second-order valence-electron chi connectivity index (χ2n) is 3.24. The number of benzene rings is 1. The lowest BCUT2D eigenvalue weighted by Crippen LogP contribution is -2.22. The van der Waals surface area contributed by atoms with Gasteiger partial charge in [-0.15, -0.1) is 0 Å². The lowest BCUT2D eigenvalue weighted by Gasteiger charge is -2.07. The van der Waals surface area contributed by atoms with E-state index >= 15 is 0 Å². The minimum Gasteiger partial charge on any atom is -0.343 e. The molecule has 4 nitrogen and oxygen atoms in total. The summed E-state index contributed by atoms with van der Waals surface area (Å²) in [6.07, 6.45) is 0. The standard InChI is InChI=1S/C10H10N3O/c1-13(2)10(14)9-7-5-3-4-6-8(7)11-12-9/h3,5-6H,1-2H3,(H,11,12). The summed E-state index contributed by atoms with van der Waals surface area (Å²) in [6, 6.07) is 8.29. The zero-order valence-corrected chi connectivity index (χ0v) is 8.03. The van der Waals surface area contributed by atoms with Gasteiger partial charge in [0.05, 0.1) is 5.52 Å². The molecule has 0 saturated heterocycles. The monoisotopic (exact) mass is 188 g/mol. The zero-order valence-electron chi connectivity index (χ0n) is 8.03. The third kappa shape index (κ3) is 1.25. The lowest BCUT2D eigenvalue weighted by molar-refractivity contribution is 0.0824. The van der Waals surface area contributed by atoms with Gasteiger partial charge in [0.1, 0.15) is 0 Å². The molecule has 0 unspecified atom stereocenters. The highest BCUT2D eigenvalue weighted by Gasteiger charge is 2.14. The number of aromatic nitrogens is 2. The van der Waals surface area contributed by atoms with Crippen LogP contribution in [0.4, 0.5) is 0 Å². The lowest BCUT2D eigenvalue weighted by atomic mass is 10.2. The smallest absolute Gasteiger partial charge is 0.274 e. The minimum atomic E-state index is -0.0950. The van der Waals surface area contributed by atoms with Crippen molar-refractivity contribution >= 4 is 16.8 Å². The van der Waals surface area contributed by atoms with Crippen LogP contribution in [-0.2, 0) is 0 Å². The minimum absolute atomic E-state index is 0.0950. The molecule has 0 bridgehead atoms. The molecule has 14 heavy (non-hydrogen) atoms. The number of carbonyl (C=O) groups excluding carboxylic acids is 1. The summed E-state index contributed by atoms with van der Waals surface area (Å²) in [5.74, 6) is -0.0950. The molecule has 0 aliphatic heterocycles. The van der Waals surface area contributed by atoms with Crippen molar-refractivity contribution in [3.05, 3.63) is 30.0 Å². The summed E-state index contributed by atoms with van der Waals surface area (Å²) in [4.78, 5) is 13.2. The number of nitrogens with one attached hydrogen (secondary N) is 1. The van der Waals surface area contributed by atoms with Crippen LogP contribution in [0.15, 0.2) is 18.2 Å². The Balaban J connectivity index is 2.58. The number of amides is 1. The van der Waals surface area contributed by atoms with Crippen molar-refractivity contribution in [2.45, 2.75) is 0 Å². The van der Waals surface area contributed by atoms with Crippen molar-refractivity contribution in [2.24, 2.45) is 0 Å². The summed E-state index contributed by atoms with van der Waals surface area (Å²) < 4.78 is 0. The molecular weight excluding hydrogens is 178 g/mol. The molecule has 1 heterocycles. The third-order valence-corrected chi connectivity index (χ3v) is 2.02. The van der Waals surface area contributed by atoms with Crippen LogP contribution in [-0.4, -0.2) is 35.1 Å². The van der Waals surface area contributed by atoms with Crippen molar-refractivity contribution in [2.75, 3.05) is 14.1 Å². The Bertz CT molecular complexity index is 473. The molecule has 2 aromatic rings. The molecule has 1 aromatic heterocycles. The number of rotatable bonds is 1. The van der Waals surface area contributed by atoms with E-state index in [1.165, 1.54) is 4.90 Å². The summed E-state index contributed by atoms with van der Waals surface area (Å²) in [5.41, 5.74) is 1.29. The first-order valence-corrected chi connectivity index (χ1v) is 4.26. The van der Waals surface area contributed by atoms with Gasteiger partial charge >= 0.3 is 0 Å². The van der Waals surface area contributed by atoms with Crippen LogP contribution in [0.2, 0.25) is 0 Å². The van der Waals surface area contributed by atoms with Gasteiger partial charge in [-0.2, -0.15) is 5.10 Å². The van der Waals surface area contributed by atoms with Crippen LogP contribution in [0.3, 0.4) is 0 Å². The maximum atomic E-state index is 11.7. The highest BCUT2D eigenvalue weighted by molar-refractivity contribution is 6.04. The average molecular weight is 188 g/mol. The second kappa shape index (κ2) is 3.14. The molecule has 0 atom stereocenters.